The average molecular weight is 150 g/mol. The molecule has 4 heteroatoms. The van der Waals surface area contributed by atoms with E-state index in [0.29, 0.717) is 0 Å². The van der Waals surface area contributed by atoms with Gasteiger partial charge in [-0.05, 0) is 0 Å². The summed E-state index contributed by atoms with van der Waals surface area (Å²) in [6.45, 7) is 0. The molecule has 0 aliphatic carbocycles. The Bertz CT molecular complexity index is 273. The fraction of sp³-hybridized carbons (Fsp3) is 0. The van der Waals surface area contributed by atoms with Crippen LogP contribution >= 0.6 is 11.3 Å². The first kappa shape index (κ1) is 5.61. The fourth-order valence-electron chi connectivity index (χ4n) is 0.693. The van der Waals surface area contributed by atoms with Gasteiger partial charge < -0.3 is 0 Å². The Kier molecular flexibility index (Phi) is 1.25. The van der Waals surface area contributed by atoms with Crippen LogP contribution in [0.15, 0.2) is 22.8 Å². The maximum absolute atomic E-state index is 4.07. The molecule has 1 aliphatic heterocycles. The smallest absolute Gasteiger partial charge is 0.143 e. The first-order chi connectivity index (χ1) is 4.97. The predicted molar refractivity (Wildman–Crippen MR) is 40.7 cm³/mol. The van der Waals surface area contributed by atoms with Gasteiger partial charge in [0.2, 0.25) is 0 Å². The van der Waals surface area contributed by atoms with E-state index in [9.17, 15) is 0 Å². The van der Waals surface area contributed by atoms with E-state index >= 15 is 0 Å². The SMILES string of the molecule is C1=NC(c2nccs2)=C[N]1. The van der Waals surface area contributed by atoms with Crippen LogP contribution in [0.4, 0.5) is 0 Å². The lowest BCUT2D eigenvalue weighted by Gasteiger charge is -1.85. The van der Waals surface area contributed by atoms with Crippen molar-refractivity contribution in [3.8, 4) is 0 Å². The number of thiazole rings is 1. The molecule has 0 unspecified atom stereocenters. The second kappa shape index (κ2) is 2.22. The zero-order chi connectivity index (χ0) is 6.81. The highest BCUT2D eigenvalue weighted by Gasteiger charge is 2.04. The quantitative estimate of drug-likeness (QED) is 0.590. The Labute approximate surface area is 62.1 Å². The van der Waals surface area contributed by atoms with Gasteiger partial charge in [-0.1, -0.05) is 0 Å². The van der Waals surface area contributed by atoms with Crippen LogP contribution in [0.25, 0.3) is 5.70 Å². The summed E-state index contributed by atoms with van der Waals surface area (Å²) in [5.41, 5.74) is 0.856. The largest absolute Gasteiger partial charge is 0.243 e. The first-order valence-corrected chi connectivity index (χ1v) is 3.67. The minimum Gasteiger partial charge on any atom is -0.243 e. The molecule has 3 nitrogen and oxygen atoms in total. The van der Waals surface area contributed by atoms with E-state index in [1.54, 1.807) is 23.7 Å². The second-order valence-corrected chi connectivity index (χ2v) is 2.64. The third-order valence-corrected chi connectivity index (χ3v) is 1.91. The van der Waals surface area contributed by atoms with Crippen LogP contribution in [0.3, 0.4) is 0 Å². The monoisotopic (exact) mass is 150 g/mol. The molecule has 1 radical (unpaired) electrons. The third kappa shape index (κ3) is 0.823. The summed E-state index contributed by atoms with van der Waals surface area (Å²) in [7, 11) is 0. The topological polar surface area (TPSA) is 39.4 Å². The Balaban J connectivity index is 2.36. The molecule has 2 heterocycles. The maximum atomic E-state index is 4.07. The molecule has 2 rings (SSSR count). The molecule has 0 bridgehead atoms. The fourth-order valence-corrected chi connectivity index (χ4v) is 1.29. The van der Waals surface area contributed by atoms with Crippen LogP contribution < -0.4 is 5.32 Å². The molecular formula is C6H4N3S. The van der Waals surface area contributed by atoms with Gasteiger partial charge in [-0.2, -0.15) is 0 Å². The summed E-state index contributed by atoms with van der Waals surface area (Å²) in [5, 5.41) is 6.68. The third-order valence-electron chi connectivity index (χ3n) is 1.11. The molecule has 0 amide bonds. The number of aliphatic imine (C=N–C) groups is 1. The highest BCUT2D eigenvalue weighted by molar-refractivity contribution is 7.10. The zero-order valence-electron chi connectivity index (χ0n) is 5.06. The van der Waals surface area contributed by atoms with Gasteiger partial charge in [0, 0.05) is 11.6 Å². The zero-order valence-corrected chi connectivity index (χ0v) is 5.88. The summed E-state index contributed by atoms with van der Waals surface area (Å²) < 4.78 is 0. The molecule has 0 saturated carbocycles. The average Bonchev–Trinajstić information content (AvgIpc) is 2.59. The molecule has 0 aromatic carbocycles. The van der Waals surface area contributed by atoms with Crippen LogP contribution in [0.2, 0.25) is 0 Å². The van der Waals surface area contributed by atoms with Crippen LogP contribution in [0.1, 0.15) is 5.01 Å². The molecule has 10 heavy (non-hydrogen) atoms. The number of aromatic nitrogens is 1. The summed E-state index contributed by atoms with van der Waals surface area (Å²) in [4.78, 5) is 8.07. The number of rotatable bonds is 1. The second-order valence-electron chi connectivity index (χ2n) is 1.75. The number of nitrogens with zero attached hydrogens (tertiary/aromatic N) is 3. The van der Waals surface area contributed by atoms with Crippen LogP contribution in [0.5, 0.6) is 0 Å². The molecule has 1 aliphatic rings. The Hall–Kier alpha value is -1.16. The van der Waals surface area contributed by atoms with Crippen LogP contribution in [-0.4, -0.2) is 11.3 Å². The Morgan fingerprint density at radius 1 is 1.40 bits per heavy atom. The van der Waals surface area contributed by atoms with Crippen molar-refractivity contribution in [3.05, 3.63) is 22.8 Å². The molecule has 1 aromatic heterocycles. The van der Waals surface area contributed by atoms with Gasteiger partial charge in [0.25, 0.3) is 0 Å². The lowest BCUT2D eigenvalue weighted by Crippen LogP contribution is -1.80. The van der Waals surface area contributed by atoms with Gasteiger partial charge in [0.15, 0.2) is 0 Å². The van der Waals surface area contributed by atoms with Crippen molar-refractivity contribution in [2.45, 2.75) is 0 Å². The minimum atomic E-state index is 0.856. The van der Waals surface area contributed by atoms with Gasteiger partial charge >= 0.3 is 0 Å². The highest BCUT2D eigenvalue weighted by atomic mass is 32.1. The van der Waals surface area contributed by atoms with E-state index in [-0.39, 0.29) is 0 Å². The molecule has 0 spiro atoms. The summed E-state index contributed by atoms with van der Waals surface area (Å²) in [5.74, 6) is 0. The number of hydrogen-bond acceptors (Lipinski definition) is 3. The standard InChI is InChI=1S/C6H4N3S/c1-2-10-6(8-1)5-3-7-4-9-5/h1-4H. The lowest BCUT2D eigenvalue weighted by molar-refractivity contribution is 1.33. The molecule has 1 aromatic rings. The minimum absolute atomic E-state index is 0.856. The van der Waals surface area contributed by atoms with E-state index < -0.39 is 0 Å². The van der Waals surface area contributed by atoms with E-state index in [1.165, 1.54) is 6.34 Å². The summed E-state index contributed by atoms with van der Waals surface area (Å²) in [6, 6.07) is 0. The van der Waals surface area contributed by atoms with E-state index in [2.05, 4.69) is 15.3 Å². The molecule has 0 N–H and O–H groups in total. The van der Waals surface area contributed by atoms with Gasteiger partial charge in [-0.25, -0.2) is 15.3 Å². The van der Waals surface area contributed by atoms with Crippen LogP contribution in [-0.2, 0) is 0 Å². The summed E-state index contributed by atoms with van der Waals surface area (Å²) >= 11 is 1.57. The Morgan fingerprint density at radius 3 is 3.00 bits per heavy atom. The summed E-state index contributed by atoms with van der Waals surface area (Å²) in [6.07, 6.45) is 4.99. The van der Waals surface area contributed by atoms with Gasteiger partial charge in [-0.15, -0.1) is 11.3 Å². The van der Waals surface area contributed by atoms with E-state index in [1.807, 2.05) is 5.38 Å². The van der Waals surface area contributed by atoms with Crippen molar-refractivity contribution >= 4 is 23.4 Å². The lowest BCUT2D eigenvalue weighted by atomic mass is 10.5. The predicted octanol–water partition coefficient (Wildman–Crippen LogP) is 1.09. The Morgan fingerprint density at radius 2 is 2.40 bits per heavy atom. The van der Waals surface area contributed by atoms with Crippen molar-refractivity contribution in [1.82, 2.24) is 10.3 Å². The van der Waals surface area contributed by atoms with Crippen LogP contribution in [0, 0.1) is 0 Å². The maximum Gasteiger partial charge on any atom is 0.143 e. The van der Waals surface area contributed by atoms with Crippen molar-refractivity contribution in [3.63, 3.8) is 0 Å². The van der Waals surface area contributed by atoms with Gasteiger partial charge in [0.1, 0.15) is 17.0 Å². The van der Waals surface area contributed by atoms with Gasteiger partial charge in [-0.3, -0.25) is 0 Å². The van der Waals surface area contributed by atoms with Crippen molar-refractivity contribution in [2.24, 2.45) is 4.99 Å². The molecule has 49 valence electrons. The molecule has 0 fully saturated rings. The van der Waals surface area contributed by atoms with Crippen molar-refractivity contribution < 1.29 is 0 Å². The highest BCUT2D eigenvalue weighted by Crippen LogP contribution is 2.18. The van der Waals surface area contributed by atoms with Crippen molar-refractivity contribution in [2.75, 3.05) is 0 Å². The molecular weight excluding hydrogens is 146 g/mol. The van der Waals surface area contributed by atoms with E-state index in [4.69, 9.17) is 0 Å². The van der Waals surface area contributed by atoms with Crippen molar-refractivity contribution in [1.29, 1.82) is 0 Å². The molecule has 0 saturated heterocycles. The van der Waals surface area contributed by atoms with E-state index in [0.717, 1.165) is 10.7 Å². The van der Waals surface area contributed by atoms with Gasteiger partial charge in [0.05, 0.1) is 6.20 Å². The number of hydrogen-bond donors (Lipinski definition) is 0. The molecule has 0 atom stereocenters. The first-order valence-electron chi connectivity index (χ1n) is 2.79. The normalized spacial score (nSPS) is 15.0.